The fourth-order valence-electron chi connectivity index (χ4n) is 3.40. The van der Waals surface area contributed by atoms with Crippen LogP contribution in [0, 0.1) is 12.7 Å². The van der Waals surface area contributed by atoms with Crippen LogP contribution in [-0.2, 0) is 27.8 Å². The predicted octanol–water partition coefficient (Wildman–Crippen LogP) is 3.45. The number of nitrogens with one attached hydrogen (secondary N) is 1. The molecule has 1 aromatic heterocycles. The molecule has 0 saturated heterocycles. The molecule has 0 spiro atoms. The minimum atomic E-state index is -3.54. The molecule has 0 amide bonds. The summed E-state index contributed by atoms with van der Waals surface area (Å²) in [6.07, 6.45) is 1.13. The Bertz CT molecular complexity index is 1150. The van der Waals surface area contributed by atoms with E-state index < -0.39 is 21.8 Å². The van der Waals surface area contributed by atoms with Crippen molar-refractivity contribution in [3.05, 3.63) is 65.1 Å². The number of rotatable bonds is 8. The lowest BCUT2D eigenvalue weighted by molar-refractivity contribution is -0.137. The Balaban J connectivity index is 1.97. The van der Waals surface area contributed by atoms with E-state index in [2.05, 4.69) is 4.72 Å². The third-order valence-corrected chi connectivity index (χ3v) is 6.34. The first-order valence-corrected chi connectivity index (χ1v) is 10.8. The Hall–Kier alpha value is -2.71. The average molecular weight is 418 g/mol. The van der Waals surface area contributed by atoms with Crippen LogP contribution in [0.25, 0.3) is 10.9 Å². The van der Waals surface area contributed by atoms with E-state index >= 15 is 0 Å². The smallest absolute Gasteiger partial charge is 0.323 e. The molecule has 0 fully saturated rings. The summed E-state index contributed by atoms with van der Waals surface area (Å²) in [6, 6.07) is 10.8. The van der Waals surface area contributed by atoms with Crippen LogP contribution in [0.1, 0.15) is 30.2 Å². The maximum atomic E-state index is 13.8. The number of sulfonamides is 1. The number of carboxylic acids is 1. The monoisotopic (exact) mass is 418 g/mol. The number of fused-ring (bicyclic) bond motifs is 1. The molecule has 154 valence electrons. The molecule has 0 saturated carbocycles. The summed E-state index contributed by atoms with van der Waals surface area (Å²) in [4.78, 5) is 11.4. The van der Waals surface area contributed by atoms with Crippen LogP contribution >= 0.6 is 0 Å². The molecule has 29 heavy (non-hydrogen) atoms. The summed E-state index contributed by atoms with van der Waals surface area (Å²) in [5, 5.41) is 9.87. The van der Waals surface area contributed by atoms with Gasteiger partial charge in [-0.25, -0.2) is 17.5 Å². The van der Waals surface area contributed by atoms with Crippen molar-refractivity contribution in [1.29, 1.82) is 0 Å². The molecule has 0 atom stereocenters. The zero-order chi connectivity index (χ0) is 21.2. The van der Waals surface area contributed by atoms with Gasteiger partial charge in [-0.15, -0.1) is 0 Å². The van der Waals surface area contributed by atoms with Crippen LogP contribution in [0.5, 0.6) is 0 Å². The number of carbonyl (C=O) groups is 1. The highest BCUT2D eigenvalue weighted by Gasteiger charge is 2.18. The lowest BCUT2D eigenvalue weighted by Crippen LogP contribution is -2.24. The van der Waals surface area contributed by atoms with Crippen molar-refractivity contribution in [1.82, 2.24) is 9.29 Å². The molecule has 6 nitrogen and oxygen atoms in total. The van der Waals surface area contributed by atoms with Crippen LogP contribution in [0.2, 0.25) is 0 Å². The Morgan fingerprint density at radius 2 is 1.86 bits per heavy atom. The molecule has 3 aromatic rings. The van der Waals surface area contributed by atoms with Gasteiger partial charge in [-0.3, -0.25) is 4.79 Å². The average Bonchev–Trinajstić information content (AvgIpc) is 2.91. The molecular formula is C21H23FN2O4S. The fourth-order valence-corrected chi connectivity index (χ4v) is 4.53. The van der Waals surface area contributed by atoms with Crippen molar-refractivity contribution in [2.45, 2.75) is 38.1 Å². The lowest BCUT2D eigenvalue weighted by Gasteiger charge is -2.08. The molecule has 3 rings (SSSR count). The van der Waals surface area contributed by atoms with Crippen LogP contribution in [0.15, 0.2) is 47.4 Å². The molecule has 8 heteroatoms. The number of nitrogens with zero attached hydrogens (tertiary/aromatic N) is 1. The minimum absolute atomic E-state index is 0.186. The van der Waals surface area contributed by atoms with E-state index in [1.807, 2.05) is 13.8 Å². The van der Waals surface area contributed by atoms with E-state index in [4.69, 9.17) is 0 Å². The van der Waals surface area contributed by atoms with Crippen LogP contribution in [0.4, 0.5) is 4.39 Å². The Morgan fingerprint density at radius 3 is 2.48 bits per heavy atom. The molecule has 0 radical (unpaired) electrons. The number of benzene rings is 2. The molecule has 0 unspecified atom stereocenters. The van der Waals surface area contributed by atoms with E-state index in [0.717, 1.165) is 16.8 Å². The molecule has 0 aliphatic rings. The van der Waals surface area contributed by atoms with Gasteiger partial charge in [0, 0.05) is 23.1 Å². The van der Waals surface area contributed by atoms with Crippen LogP contribution < -0.4 is 4.72 Å². The zero-order valence-corrected chi connectivity index (χ0v) is 17.1. The number of aromatic nitrogens is 1. The standard InChI is InChI=1S/C21H23FN2O4S/c1-3-10-23-29(27,28)17-7-4-15(5-8-17)11-18-14(2)24(13-21(25)26)20-9-6-16(22)12-19(18)20/h4-9,12,23H,3,10-11,13H2,1-2H3,(H,25,26). The van der Waals surface area contributed by atoms with Crippen molar-refractivity contribution in [2.75, 3.05) is 6.54 Å². The number of aliphatic carboxylic acids is 1. The summed E-state index contributed by atoms with van der Waals surface area (Å²) >= 11 is 0. The van der Waals surface area contributed by atoms with Gasteiger partial charge in [0.1, 0.15) is 12.4 Å². The highest BCUT2D eigenvalue weighted by atomic mass is 32.2. The van der Waals surface area contributed by atoms with E-state index in [9.17, 15) is 22.7 Å². The SMILES string of the molecule is CCCNS(=O)(=O)c1ccc(Cc2c(C)n(CC(=O)O)c3ccc(F)cc23)cc1. The number of hydrogen-bond donors (Lipinski definition) is 2. The first-order valence-electron chi connectivity index (χ1n) is 9.30. The van der Waals surface area contributed by atoms with E-state index in [1.54, 1.807) is 34.9 Å². The summed E-state index contributed by atoms with van der Waals surface area (Å²) in [6.45, 7) is 3.85. The van der Waals surface area contributed by atoms with Crippen LogP contribution in [0.3, 0.4) is 0 Å². The molecule has 0 bridgehead atoms. The molecule has 0 aliphatic heterocycles. The third-order valence-electron chi connectivity index (χ3n) is 4.87. The Kier molecular flexibility index (Phi) is 6.04. The maximum absolute atomic E-state index is 13.8. The number of carboxylic acid groups (broad SMARTS) is 1. The van der Waals surface area contributed by atoms with Crippen molar-refractivity contribution in [3.63, 3.8) is 0 Å². The maximum Gasteiger partial charge on any atom is 0.323 e. The van der Waals surface area contributed by atoms with Gasteiger partial charge in [0.2, 0.25) is 10.0 Å². The molecule has 1 heterocycles. The second-order valence-corrected chi connectivity index (χ2v) is 8.69. The fraction of sp³-hybridized carbons (Fsp3) is 0.286. The molecule has 0 aliphatic carbocycles. The van der Waals surface area contributed by atoms with Crippen molar-refractivity contribution < 1.29 is 22.7 Å². The second kappa shape index (κ2) is 8.34. The van der Waals surface area contributed by atoms with E-state index in [0.29, 0.717) is 30.3 Å². The van der Waals surface area contributed by atoms with Crippen molar-refractivity contribution >= 4 is 26.9 Å². The highest BCUT2D eigenvalue weighted by Crippen LogP contribution is 2.29. The van der Waals surface area contributed by atoms with Gasteiger partial charge in [-0.05, 0) is 61.2 Å². The zero-order valence-electron chi connectivity index (χ0n) is 16.3. The number of hydrogen-bond acceptors (Lipinski definition) is 3. The Labute approximate surface area is 169 Å². The van der Waals surface area contributed by atoms with E-state index in [-0.39, 0.29) is 11.4 Å². The summed E-state index contributed by atoms with van der Waals surface area (Å²) < 4.78 is 42.5. The van der Waals surface area contributed by atoms with Gasteiger partial charge in [-0.1, -0.05) is 19.1 Å². The second-order valence-electron chi connectivity index (χ2n) is 6.92. The van der Waals surface area contributed by atoms with Gasteiger partial charge in [0.15, 0.2) is 0 Å². The largest absolute Gasteiger partial charge is 0.480 e. The first kappa shape index (κ1) is 21.0. The Morgan fingerprint density at radius 1 is 1.17 bits per heavy atom. The lowest BCUT2D eigenvalue weighted by atomic mass is 10.0. The molecule has 2 N–H and O–H groups in total. The van der Waals surface area contributed by atoms with Crippen LogP contribution in [-0.4, -0.2) is 30.6 Å². The summed E-state index contributed by atoms with van der Waals surface area (Å²) in [5.41, 5.74) is 3.07. The van der Waals surface area contributed by atoms with Crippen molar-refractivity contribution in [2.24, 2.45) is 0 Å². The summed E-state index contributed by atoms with van der Waals surface area (Å²) in [7, 11) is -3.54. The van der Waals surface area contributed by atoms with Gasteiger partial charge < -0.3 is 9.67 Å². The van der Waals surface area contributed by atoms with Gasteiger partial charge in [0.25, 0.3) is 0 Å². The predicted molar refractivity (Wildman–Crippen MR) is 109 cm³/mol. The molecule has 2 aromatic carbocycles. The highest BCUT2D eigenvalue weighted by molar-refractivity contribution is 7.89. The van der Waals surface area contributed by atoms with Gasteiger partial charge in [0.05, 0.1) is 4.90 Å². The quantitative estimate of drug-likeness (QED) is 0.586. The third kappa shape index (κ3) is 4.49. The van der Waals surface area contributed by atoms with Gasteiger partial charge >= 0.3 is 5.97 Å². The number of halogens is 1. The first-order chi connectivity index (χ1) is 13.7. The topological polar surface area (TPSA) is 88.4 Å². The molecular weight excluding hydrogens is 395 g/mol. The van der Waals surface area contributed by atoms with Gasteiger partial charge in [-0.2, -0.15) is 0 Å². The van der Waals surface area contributed by atoms with Crippen molar-refractivity contribution in [3.8, 4) is 0 Å². The summed E-state index contributed by atoms with van der Waals surface area (Å²) in [5.74, 6) is -1.37. The minimum Gasteiger partial charge on any atom is -0.480 e. The normalized spacial score (nSPS) is 11.8. The van der Waals surface area contributed by atoms with E-state index in [1.165, 1.54) is 12.1 Å².